The van der Waals surface area contributed by atoms with Gasteiger partial charge in [-0.3, -0.25) is 0 Å². The van der Waals surface area contributed by atoms with E-state index < -0.39 is 11.8 Å². The van der Waals surface area contributed by atoms with E-state index in [1.807, 2.05) is 0 Å². The molecule has 4 nitrogen and oxygen atoms in total. The molecule has 18 heavy (non-hydrogen) atoms. The normalized spacial score (nSPS) is 10.3. The lowest BCUT2D eigenvalue weighted by atomic mass is 10.3. The van der Waals surface area contributed by atoms with E-state index in [9.17, 15) is 14.3 Å². The average molecular weight is 270 g/mol. The van der Waals surface area contributed by atoms with Crippen LogP contribution in [0.1, 0.15) is 16.3 Å². The van der Waals surface area contributed by atoms with Crippen LogP contribution in [0.25, 0.3) is 0 Å². The molecule has 0 aliphatic rings. The molecular formula is C12H7ClFO4-. The molecule has 0 fully saturated rings. The molecule has 6 heteroatoms. The zero-order valence-electron chi connectivity index (χ0n) is 8.98. The second-order valence-electron chi connectivity index (χ2n) is 3.42. The summed E-state index contributed by atoms with van der Waals surface area (Å²) in [5.41, 5.74) is 0. The van der Waals surface area contributed by atoms with Gasteiger partial charge in [0, 0.05) is 0 Å². The molecule has 0 bridgehead atoms. The van der Waals surface area contributed by atoms with Crippen LogP contribution in [0.2, 0.25) is 5.02 Å². The Morgan fingerprint density at radius 2 is 2.17 bits per heavy atom. The van der Waals surface area contributed by atoms with Crippen molar-refractivity contribution >= 4 is 17.6 Å². The molecule has 0 spiro atoms. The van der Waals surface area contributed by atoms with Crippen LogP contribution >= 0.6 is 11.6 Å². The summed E-state index contributed by atoms with van der Waals surface area (Å²) < 4.78 is 23.0. The van der Waals surface area contributed by atoms with Gasteiger partial charge < -0.3 is 19.1 Å². The topological polar surface area (TPSA) is 62.5 Å². The molecule has 0 amide bonds. The van der Waals surface area contributed by atoms with Gasteiger partial charge in [-0.15, -0.1) is 0 Å². The number of carbonyl (C=O) groups is 1. The lowest BCUT2D eigenvalue weighted by molar-refractivity contribution is -0.257. The Hall–Kier alpha value is -2.01. The van der Waals surface area contributed by atoms with Gasteiger partial charge in [0.15, 0.2) is 0 Å². The molecule has 2 rings (SSSR count). The fourth-order valence-electron chi connectivity index (χ4n) is 1.31. The van der Waals surface area contributed by atoms with Crippen molar-refractivity contribution in [2.24, 2.45) is 0 Å². The summed E-state index contributed by atoms with van der Waals surface area (Å²) in [6.45, 7) is -0.0152. The van der Waals surface area contributed by atoms with E-state index in [4.69, 9.17) is 20.8 Å². The Bertz CT molecular complexity index is 579. The lowest BCUT2D eigenvalue weighted by Gasteiger charge is -2.06. The largest absolute Gasteiger partial charge is 0.542 e. The van der Waals surface area contributed by atoms with Crippen molar-refractivity contribution in [3.63, 3.8) is 0 Å². The molecule has 0 N–H and O–H groups in total. The number of carboxylic acid groups (broad SMARTS) is 1. The van der Waals surface area contributed by atoms with Crippen LogP contribution in [0.5, 0.6) is 5.75 Å². The number of carbonyl (C=O) groups excluding carboxylic acids is 1. The highest BCUT2D eigenvalue weighted by Crippen LogP contribution is 2.25. The fourth-order valence-corrected chi connectivity index (χ4v) is 1.53. The molecule has 0 atom stereocenters. The van der Waals surface area contributed by atoms with Crippen molar-refractivity contribution in [2.45, 2.75) is 6.61 Å². The van der Waals surface area contributed by atoms with Crippen LogP contribution in [-0.2, 0) is 6.61 Å². The number of halogens is 2. The highest BCUT2D eigenvalue weighted by molar-refractivity contribution is 6.32. The Kier molecular flexibility index (Phi) is 3.53. The first-order valence-electron chi connectivity index (χ1n) is 4.94. The Labute approximate surface area is 107 Å². The van der Waals surface area contributed by atoms with E-state index >= 15 is 0 Å². The third-order valence-electron chi connectivity index (χ3n) is 2.13. The third-order valence-corrected chi connectivity index (χ3v) is 2.42. The van der Waals surface area contributed by atoms with E-state index in [-0.39, 0.29) is 23.1 Å². The summed E-state index contributed by atoms with van der Waals surface area (Å²) in [4.78, 5) is 10.5. The molecule has 0 radical (unpaired) electrons. The van der Waals surface area contributed by atoms with Gasteiger partial charge in [0.2, 0.25) is 0 Å². The third kappa shape index (κ3) is 2.81. The van der Waals surface area contributed by atoms with Gasteiger partial charge in [0.1, 0.15) is 35.7 Å². The Morgan fingerprint density at radius 3 is 2.78 bits per heavy atom. The smallest absolute Gasteiger partial charge is 0.149 e. The second-order valence-corrected chi connectivity index (χ2v) is 3.82. The van der Waals surface area contributed by atoms with Crippen LogP contribution in [-0.4, -0.2) is 5.97 Å². The number of benzene rings is 1. The van der Waals surface area contributed by atoms with Gasteiger partial charge in [-0.25, -0.2) is 4.39 Å². The van der Waals surface area contributed by atoms with Crippen molar-refractivity contribution < 1.29 is 23.4 Å². The maximum atomic E-state index is 12.8. The summed E-state index contributed by atoms with van der Waals surface area (Å²) in [5.74, 6) is -1.57. The van der Waals surface area contributed by atoms with E-state index in [0.717, 1.165) is 6.07 Å². The van der Waals surface area contributed by atoms with Crippen LogP contribution in [0.15, 0.2) is 34.7 Å². The number of aromatic carboxylic acids is 1. The molecule has 2 aromatic rings. The SMILES string of the molecule is O=C([O-])c1ccc(COc2ccc(F)cc2Cl)o1. The lowest BCUT2D eigenvalue weighted by Crippen LogP contribution is -2.21. The first kappa shape index (κ1) is 12.4. The van der Waals surface area contributed by atoms with Crippen molar-refractivity contribution in [3.05, 3.63) is 52.7 Å². The summed E-state index contributed by atoms with van der Waals surface area (Å²) in [6, 6.07) is 6.41. The minimum atomic E-state index is -1.40. The molecule has 0 unspecified atom stereocenters. The van der Waals surface area contributed by atoms with E-state index in [2.05, 4.69) is 0 Å². The maximum Gasteiger partial charge on any atom is 0.149 e. The predicted molar refractivity (Wildman–Crippen MR) is 58.8 cm³/mol. The van der Waals surface area contributed by atoms with Gasteiger partial charge in [-0.1, -0.05) is 11.6 Å². The number of hydrogen-bond acceptors (Lipinski definition) is 4. The first-order valence-corrected chi connectivity index (χ1v) is 5.32. The van der Waals surface area contributed by atoms with Crippen LogP contribution in [0.3, 0.4) is 0 Å². The van der Waals surface area contributed by atoms with E-state index in [0.29, 0.717) is 5.76 Å². The fraction of sp³-hybridized carbons (Fsp3) is 0.0833. The summed E-state index contributed by atoms with van der Waals surface area (Å²) in [7, 11) is 0. The first-order chi connectivity index (χ1) is 8.56. The molecule has 1 heterocycles. The zero-order chi connectivity index (χ0) is 13.1. The zero-order valence-corrected chi connectivity index (χ0v) is 9.74. The summed E-state index contributed by atoms with van der Waals surface area (Å²) in [6.07, 6.45) is 0. The van der Waals surface area contributed by atoms with Gasteiger partial charge >= 0.3 is 0 Å². The van der Waals surface area contributed by atoms with Crippen molar-refractivity contribution in [1.29, 1.82) is 0 Å². The van der Waals surface area contributed by atoms with Crippen LogP contribution in [0, 0.1) is 5.82 Å². The summed E-state index contributed by atoms with van der Waals surface area (Å²) in [5, 5.41) is 10.6. The number of furan rings is 1. The van der Waals surface area contributed by atoms with Gasteiger partial charge in [0.25, 0.3) is 0 Å². The number of rotatable bonds is 4. The van der Waals surface area contributed by atoms with Crippen molar-refractivity contribution in [2.75, 3.05) is 0 Å². The average Bonchev–Trinajstić information content (AvgIpc) is 2.76. The van der Waals surface area contributed by atoms with E-state index in [1.165, 1.54) is 24.3 Å². The second kappa shape index (κ2) is 5.10. The Morgan fingerprint density at radius 1 is 1.39 bits per heavy atom. The minimum Gasteiger partial charge on any atom is -0.542 e. The van der Waals surface area contributed by atoms with Crippen molar-refractivity contribution in [3.8, 4) is 5.75 Å². The van der Waals surface area contributed by atoms with Crippen molar-refractivity contribution in [1.82, 2.24) is 0 Å². The molecule has 0 aliphatic heterocycles. The molecule has 0 saturated heterocycles. The van der Waals surface area contributed by atoms with Gasteiger partial charge in [0.05, 0.1) is 5.02 Å². The maximum absolute atomic E-state index is 12.8. The standard InChI is InChI=1S/C12H8ClFO4/c13-9-5-7(14)1-3-10(9)17-6-8-2-4-11(18-8)12(15)16/h1-5H,6H2,(H,15,16)/p-1. The minimum absolute atomic E-state index is 0.0152. The quantitative estimate of drug-likeness (QED) is 0.852. The predicted octanol–water partition coefficient (Wildman–Crippen LogP) is 2.01. The monoisotopic (exact) mass is 269 g/mol. The van der Waals surface area contributed by atoms with Crippen LogP contribution in [0.4, 0.5) is 4.39 Å². The highest BCUT2D eigenvalue weighted by atomic mass is 35.5. The Balaban J connectivity index is 2.04. The molecule has 94 valence electrons. The summed E-state index contributed by atoms with van der Waals surface area (Å²) >= 11 is 5.75. The van der Waals surface area contributed by atoms with Crippen LogP contribution < -0.4 is 9.84 Å². The highest BCUT2D eigenvalue weighted by Gasteiger charge is 2.06. The molecule has 0 aliphatic carbocycles. The van der Waals surface area contributed by atoms with Gasteiger partial charge in [-0.2, -0.15) is 0 Å². The molecule has 1 aromatic heterocycles. The number of hydrogen-bond donors (Lipinski definition) is 0. The molecule has 1 aromatic carbocycles. The number of ether oxygens (including phenoxy) is 1. The number of carboxylic acids is 1. The van der Waals surface area contributed by atoms with Gasteiger partial charge in [-0.05, 0) is 30.3 Å². The molecular weight excluding hydrogens is 263 g/mol. The molecule has 0 saturated carbocycles. The van der Waals surface area contributed by atoms with E-state index in [1.54, 1.807) is 0 Å².